The summed E-state index contributed by atoms with van der Waals surface area (Å²) in [6, 6.07) is 0. The summed E-state index contributed by atoms with van der Waals surface area (Å²) in [6.45, 7) is 1.73. The van der Waals surface area contributed by atoms with Crippen molar-refractivity contribution >= 4 is 22.5 Å². The van der Waals surface area contributed by atoms with Crippen LogP contribution in [-0.2, 0) is 0 Å². The molecular formula is C5H8ClN2+. The number of nitrogens with two attached hydrogens (primary N) is 1. The molecule has 0 aromatic heterocycles. The van der Waals surface area contributed by atoms with E-state index in [4.69, 9.17) is 22.4 Å². The number of allylic oxidation sites excluding steroid dienone is 2. The second kappa shape index (κ2) is 3.38. The van der Waals surface area contributed by atoms with Crippen molar-refractivity contribution in [1.29, 1.82) is 5.41 Å². The van der Waals surface area contributed by atoms with Crippen LogP contribution >= 0.6 is 11.6 Å². The minimum absolute atomic E-state index is 0.00481. The van der Waals surface area contributed by atoms with Crippen molar-refractivity contribution in [1.82, 2.24) is 0 Å². The van der Waals surface area contributed by atoms with Crippen molar-refractivity contribution in [3.63, 3.8) is 0 Å². The fourth-order valence-electron chi connectivity index (χ4n) is 0.205. The molecule has 0 saturated carbocycles. The normalized spacial score (nSPS) is 9.75. The molecule has 0 fully saturated rings. The summed E-state index contributed by atoms with van der Waals surface area (Å²) in [7, 11) is 0. The van der Waals surface area contributed by atoms with Crippen molar-refractivity contribution in [2.45, 2.75) is 6.92 Å². The molecule has 0 bridgehead atoms. The van der Waals surface area contributed by atoms with E-state index in [9.17, 15) is 0 Å². The summed E-state index contributed by atoms with van der Waals surface area (Å²) in [5.41, 5.74) is 0.649. The molecule has 0 aliphatic heterocycles. The molecule has 0 aliphatic rings. The molecule has 0 amide bonds. The van der Waals surface area contributed by atoms with Gasteiger partial charge in [0.25, 0.3) is 0 Å². The van der Waals surface area contributed by atoms with Crippen LogP contribution in [0.4, 0.5) is 0 Å². The monoisotopic (exact) mass is 131 g/mol. The predicted molar refractivity (Wildman–Crippen MR) is 35.3 cm³/mol. The minimum Gasteiger partial charge on any atom is -0.289 e. The predicted octanol–water partition coefficient (Wildman–Crippen LogP) is -0.0213. The van der Waals surface area contributed by atoms with Gasteiger partial charge in [-0.05, 0) is 6.08 Å². The fraction of sp³-hybridized carbons (Fsp3) is 0.200. The van der Waals surface area contributed by atoms with Gasteiger partial charge in [-0.15, -0.1) is 0 Å². The lowest BCUT2D eigenvalue weighted by Crippen LogP contribution is -2.36. The van der Waals surface area contributed by atoms with E-state index >= 15 is 0 Å². The Balaban J connectivity index is 3.67. The SMILES string of the molecule is CC(=[NH2+])/C=C\C(=N)Cl. The largest absolute Gasteiger partial charge is 0.289 e. The van der Waals surface area contributed by atoms with E-state index in [0.29, 0.717) is 5.71 Å². The molecule has 0 radical (unpaired) electrons. The first kappa shape index (κ1) is 7.37. The molecule has 0 saturated heterocycles. The van der Waals surface area contributed by atoms with Crippen molar-refractivity contribution in [3.8, 4) is 0 Å². The Bertz CT molecular complexity index is 121. The van der Waals surface area contributed by atoms with Crippen molar-refractivity contribution in [2.75, 3.05) is 0 Å². The fourth-order valence-corrected chi connectivity index (χ4v) is 0.268. The zero-order valence-corrected chi connectivity index (χ0v) is 5.37. The lowest BCUT2D eigenvalue weighted by Gasteiger charge is -1.75. The summed E-state index contributed by atoms with van der Waals surface area (Å²) >= 11 is 5.15. The van der Waals surface area contributed by atoms with Crippen LogP contribution < -0.4 is 5.41 Å². The van der Waals surface area contributed by atoms with Gasteiger partial charge in [0.1, 0.15) is 5.17 Å². The van der Waals surface area contributed by atoms with Gasteiger partial charge in [0.15, 0.2) is 5.71 Å². The van der Waals surface area contributed by atoms with E-state index < -0.39 is 0 Å². The van der Waals surface area contributed by atoms with Crippen LogP contribution in [0.2, 0.25) is 0 Å². The summed E-state index contributed by atoms with van der Waals surface area (Å²) in [5, 5.41) is 11.9. The first-order valence-corrected chi connectivity index (χ1v) is 2.52. The molecule has 0 aliphatic carbocycles. The van der Waals surface area contributed by atoms with Crippen LogP contribution in [0.3, 0.4) is 0 Å². The maximum absolute atomic E-state index is 6.70. The van der Waals surface area contributed by atoms with Crippen molar-refractivity contribution < 1.29 is 5.41 Å². The number of rotatable bonds is 2. The van der Waals surface area contributed by atoms with E-state index in [2.05, 4.69) is 0 Å². The molecule has 0 aromatic carbocycles. The first-order valence-electron chi connectivity index (χ1n) is 2.14. The maximum Gasteiger partial charge on any atom is 0.169 e. The van der Waals surface area contributed by atoms with Crippen LogP contribution in [0.15, 0.2) is 12.2 Å². The third kappa shape index (κ3) is 5.37. The van der Waals surface area contributed by atoms with Crippen LogP contribution in [0.1, 0.15) is 6.92 Å². The van der Waals surface area contributed by atoms with Gasteiger partial charge in [-0.1, -0.05) is 11.6 Å². The highest BCUT2D eigenvalue weighted by Crippen LogP contribution is 1.81. The lowest BCUT2D eigenvalue weighted by molar-refractivity contribution is -0.112. The Morgan fingerprint density at radius 2 is 2.12 bits per heavy atom. The minimum atomic E-state index is -0.00481. The molecule has 3 heteroatoms. The highest BCUT2D eigenvalue weighted by molar-refractivity contribution is 6.67. The molecular weight excluding hydrogens is 124 g/mol. The molecule has 3 N–H and O–H groups in total. The highest BCUT2D eigenvalue weighted by atomic mass is 35.5. The number of halogens is 1. The Kier molecular flexibility index (Phi) is 3.12. The molecule has 0 atom stereocenters. The van der Waals surface area contributed by atoms with Crippen LogP contribution in [-0.4, -0.2) is 10.9 Å². The van der Waals surface area contributed by atoms with Gasteiger partial charge in [-0.3, -0.25) is 10.8 Å². The Morgan fingerprint density at radius 1 is 1.62 bits per heavy atom. The van der Waals surface area contributed by atoms with Crippen LogP contribution in [0.25, 0.3) is 0 Å². The van der Waals surface area contributed by atoms with E-state index in [1.165, 1.54) is 6.08 Å². The van der Waals surface area contributed by atoms with Gasteiger partial charge in [0.05, 0.1) is 0 Å². The van der Waals surface area contributed by atoms with E-state index in [1.54, 1.807) is 13.0 Å². The zero-order valence-electron chi connectivity index (χ0n) is 4.61. The molecule has 0 heterocycles. The van der Waals surface area contributed by atoms with E-state index in [0.717, 1.165) is 0 Å². The highest BCUT2D eigenvalue weighted by Gasteiger charge is 1.83. The summed E-state index contributed by atoms with van der Waals surface area (Å²) < 4.78 is 0. The average Bonchev–Trinajstić information content (AvgIpc) is 1.61. The summed E-state index contributed by atoms with van der Waals surface area (Å²) in [6.07, 6.45) is 3.01. The molecule has 8 heavy (non-hydrogen) atoms. The van der Waals surface area contributed by atoms with Gasteiger partial charge in [-0.25, -0.2) is 0 Å². The van der Waals surface area contributed by atoms with Crippen LogP contribution in [0, 0.1) is 5.41 Å². The van der Waals surface area contributed by atoms with Crippen molar-refractivity contribution in [3.05, 3.63) is 12.2 Å². The number of nitrogens with one attached hydrogen (secondary N) is 1. The smallest absolute Gasteiger partial charge is 0.169 e. The number of hydrogen-bond acceptors (Lipinski definition) is 1. The Hall–Kier alpha value is -0.630. The number of hydrogen-bond donors (Lipinski definition) is 2. The van der Waals surface area contributed by atoms with E-state index in [-0.39, 0.29) is 5.17 Å². The molecule has 0 unspecified atom stereocenters. The third-order valence-electron chi connectivity index (χ3n) is 0.493. The van der Waals surface area contributed by atoms with Gasteiger partial charge < -0.3 is 0 Å². The van der Waals surface area contributed by atoms with Crippen molar-refractivity contribution in [2.24, 2.45) is 0 Å². The summed E-state index contributed by atoms with van der Waals surface area (Å²) in [5.74, 6) is 0. The van der Waals surface area contributed by atoms with Gasteiger partial charge in [0, 0.05) is 13.0 Å². The molecule has 2 nitrogen and oxygen atoms in total. The second-order valence-electron chi connectivity index (χ2n) is 1.43. The van der Waals surface area contributed by atoms with Gasteiger partial charge >= 0.3 is 0 Å². The lowest BCUT2D eigenvalue weighted by atomic mass is 10.4. The van der Waals surface area contributed by atoms with Gasteiger partial charge in [-0.2, -0.15) is 0 Å². The van der Waals surface area contributed by atoms with Crippen LogP contribution in [0.5, 0.6) is 0 Å². The van der Waals surface area contributed by atoms with Gasteiger partial charge in [0.2, 0.25) is 0 Å². The zero-order chi connectivity index (χ0) is 6.57. The Morgan fingerprint density at radius 3 is 2.25 bits per heavy atom. The topological polar surface area (TPSA) is 49.4 Å². The standard InChI is InChI=1S/C5H7ClN2/c1-4(7)2-3-5(6)8/h2-3,7-8H,1H3/p+1/b3-2-,7-4?,8-5?. The Labute approximate surface area is 53.2 Å². The maximum atomic E-state index is 6.70. The molecule has 44 valence electrons. The molecule has 0 aromatic rings. The molecule has 0 rings (SSSR count). The quantitative estimate of drug-likeness (QED) is 0.495. The first-order chi connectivity index (χ1) is 3.63. The second-order valence-corrected chi connectivity index (χ2v) is 1.83. The summed E-state index contributed by atoms with van der Waals surface area (Å²) in [4.78, 5) is 0. The average molecular weight is 132 g/mol. The molecule has 0 spiro atoms. The third-order valence-corrected chi connectivity index (χ3v) is 0.619. The van der Waals surface area contributed by atoms with E-state index in [1.807, 2.05) is 0 Å².